The number of carbonyl (C=O) groups is 1. The van der Waals surface area contributed by atoms with E-state index in [0.717, 1.165) is 48.7 Å². The summed E-state index contributed by atoms with van der Waals surface area (Å²) in [5.41, 5.74) is 1.06. The Bertz CT molecular complexity index is 1220. The lowest BCUT2D eigenvalue weighted by atomic mass is 9.99. The summed E-state index contributed by atoms with van der Waals surface area (Å²) in [7, 11) is 1.69. The molecule has 0 aliphatic carbocycles. The first-order valence-corrected chi connectivity index (χ1v) is 11.3. The Balaban J connectivity index is 0.00000272. The molecule has 9 heteroatoms. The van der Waals surface area contributed by atoms with Crippen molar-refractivity contribution in [1.29, 1.82) is 0 Å². The van der Waals surface area contributed by atoms with Crippen LogP contribution < -0.4 is 10.3 Å². The van der Waals surface area contributed by atoms with Crippen molar-refractivity contribution in [1.82, 2.24) is 14.0 Å². The molecule has 0 N–H and O–H groups in total. The first kappa shape index (κ1) is 23.5. The SMILES string of the molecule is CCn1cc(C(=O)OCCN2CCC(C)CC2)c(=O)c2c3sc(=O)n(C)c3ccc21.Cl. The molecule has 31 heavy (non-hydrogen) atoms. The molecule has 168 valence electrons. The van der Waals surface area contributed by atoms with Crippen LogP contribution in [0.5, 0.6) is 0 Å². The Morgan fingerprint density at radius 2 is 1.87 bits per heavy atom. The summed E-state index contributed by atoms with van der Waals surface area (Å²) >= 11 is 1.03. The van der Waals surface area contributed by atoms with Crippen molar-refractivity contribution >= 4 is 50.8 Å². The molecule has 1 saturated heterocycles. The van der Waals surface area contributed by atoms with Gasteiger partial charge in [-0.1, -0.05) is 18.3 Å². The summed E-state index contributed by atoms with van der Waals surface area (Å²) in [5.74, 6) is 0.147. The van der Waals surface area contributed by atoms with Crippen LogP contribution in [0.2, 0.25) is 0 Å². The lowest BCUT2D eigenvalue weighted by molar-refractivity contribution is 0.0441. The van der Waals surface area contributed by atoms with E-state index in [1.54, 1.807) is 13.2 Å². The van der Waals surface area contributed by atoms with Gasteiger partial charge < -0.3 is 13.9 Å². The lowest BCUT2D eigenvalue weighted by Gasteiger charge is -2.29. The number of benzene rings is 1. The maximum absolute atomic E-state index is 13.2. The molecule has 0 spiro atoms. The number of ether oxygens (including phenoxy) is 1. The maximum Gasteiger partial charge on any atom is 0.343 e. The van der Waals surface area contributed by atoms with E-state index in [-0.39, 0.29) is 34.9 Å². The van der Waals surface area contributed by atoms with Gasteiger partial charge in [0.25, 0.3) is 0 Å². The van der Waals surface area contributed by atoms with Crippen molar-refractivity contribution in [2.45, 2.75) is 33.2 Å². The van der Waals surface area contributed by atoms with E-state index in [0.29, 0.717) is 28.7 Å². The van der Waals surface area contributed by atoms with Crippen molar-refractivity contribution < 1.29 is 9.53 Å². The molecule has 0 atom stereocenters. The van der Waals surface area contributed by atoms with Crippen molar-refractivity contribution in [2.75, 3.05) is 26.2 Å². The third-order valence-electron chi connectivity index (χ3n) is 6.08. The summed E-state index contributed by atoms with van der Waals surface area (Å²) in [6.45, 7) is 7.78. The Morgan fingerprint density at radius 3 is 2.55 bits per heavy atom. The minimum absolute atomic E-state index is 0. The number of rotatable bonds is 5. The van der Waals surface area contributed by atoms with E-state index in [4.69, 9.17) is 4.74 Å². The number of hydrogen-bond donors (Lipinski definition) is 0. The largest absolute Gasteiger partial charge is 0.461 e. The van der Waals surface area contributed by atoms with E-state index in [1.807, 2.05) is 23.6 Å². The van der Waals surface area contributed by atoms with Crippen molar-refractivity contribution in [3.63, 3.8) is 0 Å². The van der Waals surface area contributed by atoms with E-state index >= 15 is 0 Å². The van der Waals surface area contributed by atoms with Crippen LogP contribution >= 0.6 is 23.7 Å². The number of nitrogens with zero attached hydrogens (tertiary/aromatic N) is 3. The molecule has 4 rings (SSSR count). The van der Waals surface area contributed by atoms with Crippen LogP contribution in [0.1, 0.15) is 37.0 Å². The second-order valence-electron chi connectivity index (χ2n) is 8.05. The zero-order valence-corrected chi connectivity index (χ0v) is 19.7. The summed E-state index contributed by atoms with van der Waals surface area (Å²) in [6.07, 6.45) is 3.90. The summed E-state index contributed by atoms with van der Waals surface area (Å²) in [4.78, 5) is 40.3. The van der Waals surface area contributed by atoms with Gasteiger partial charge in [-0.15, -0.1) is 12.4 Å². The van der Waals surface area contributed by atoms with Gasteiger partial charge in [0.05, 0.1) is 21.1 Å². The zero-order chi connectivity index (χ0) is 21.4. The molecular weight excluding hydrogens is 438 g/mol. The average Bonchev–Trinajstić information content (AvgIpc) is 3.03. The molecule has 1 aliphatic rings. The number of piperidine rings is 1. The van der Waals surface area contributed by atoms with Gasteiger partial charge in [0.15, 0.2) is 0 Å². The highest BCUT2D eigenvalue weighted by Crippen LogP contribution is 2.26. The second kappa shape index (κ2) is 9.54. The van der Waals surface area contributed by atoms with Gasteiger partial charge in [0.2, 0.25) is 5.43 Å². The van der Waals surface area contributed by atoms with E-state index in [9.17, 15) is 14.4 Å². The number of aryl methyl sites for hydroxylation is 2. The number of esters is 1. The van der Waals surface area contributed by atoms with Crippen molar-refractivity contribution in [3.8, 4) is 0 Å². The van der Waals surface area contributed by atoms with Crippen molar-refractivity contribution in [3.05, 3.63) is 43.8 Å². The Kier molecular flexibility index (Phi) is 7.24. The van der Waals surface area contributed by atoms with Crippen molar-refractivity contribution in [2.24, 2.45) is 13.0 Å². The molecule has 1 aromatic carbocycles. The molecule has 0 unspecified atom stereocenters. The lowest BCUT2D eigenvalue weighted by Crippen LogP contribution is -2.35. The first-order valence-electron chi connectivity index (χ1n) is 10.5. The third kappa shape index (κ3) is 4.42. The number of pyridine rings is 1. The molecule has 1 fully saturated rings. The fourth-order valence-corrected chi connectivity index (χ4v) is 5.12. The van der Waals surface area contributed by atoms with Gasteiger partial charge in [-0.05, 0) is 50.9 Å². The Hall–Kier alpha value is -2.16. The van der Waals surface area contributed by atoms with Gasteiger partial charge in [-0.2, -0.15) is 0 Å². The Labute approximate surface area is 190 Å². The van der Waals surface area contributed by atoms with Crippen LogP contribution in [0, 0.1) is 5.92 Å². The quantitative estimate of drug-likeness (QED) is 0.541. The maximum atomic E-state index is 13.2. The highest BCUT2D eigenvalue weighted by Gasteiger charge is 2.21. The van der Waals surface area contributed by atoms with Gasteiger partial charge in [-0.25, -0.2) is 4.79 Å². The van der Waals surface area contributed by atoms with Crippen LogP contribution in [-0.4, -0.2) is 46.2 Å². The fourth-order valence-electron chi connectivity index (χ4n) is 4.10. The van der Waals surface area contributed by atoms with Gasteiger partial charge in [0.1, 0.15) is 12.2 Å². The second-order valence-corrected chi connectivity index (χ2v) is 9.01. The number of thiazole rings is 1. The summed E-state index contributed by atoms with van der Waals surface area (Å²) in [5, 5.41) is 0.413. The summed E-state index contributed by atoms with van der Waals surface area (Å²) < 4.78 is 9.48. The predicted molar refractivity (Wildman–Crippen MR) is 127 cm³/mol. The van der Waals surface area contributed by atoms with Crippen LogP contribution in [0.4, 0.5) is 0 Å². The zero-order valence-electron chi connectivity index (χ0n) is 18.1. The topological polar surface area (TPSA) is 73.5 Å². The fraction of sp³-hybridized carbons (Fsp3) is 0.500. The number of fused-ring (bicyclic) bond motifs is 3. The molecule has 0 bridgehead atoms. The molecule has 2 aromatic heterocycles. The number of aromatic nitrogens is 2. The number of likely N-dealkylation sites (tertiary alicyclic amines) is 1. The van der Waals surface area contributed by atoms with E-state index in [2.05, 4.69) is 11.8 Å². The van der Waals surface area contributed by atoms with E-state index < -0.39 is 5.97 Å². The van der Waals surface area contributed by atoms with Crippen LogP contribution in [0.15, 0.2) is 27.9 Å². The smallest absolute Gasteiger partial charge is 0.343 e. The number of carbonyl (C=O) groups excluding carboxylic acids is 1. The van der Waals surface area contributed by atoms with E-state index in [1.165, 1.54) is 4.57 Å². The minimum atomic E-state index is -0.602. The molecule has 1 aliphatic heterocycles. The minimum Gasteiger partial charge on any atom is -0.461 e. The third-order valence-corrected chi connectivity index (χ3v) is 7.15. The average molecular weight is 466 g/mol. The molecule has 0 radical (unpaired) electrons. The van der Waals surface area contributed by atoms with Gasteiger partial charge in [-0.3, -0.25) is 14.5 Å². The number of hydrogen-bond acceptors (Lipinski definition) is 6. The highest BCUT2D eigenvalue weighted by atomic mass is 35.5. The molecule has 0 saturated carbocycles. The molecule has 3 aromatic rings. The normalized spacial score (nSPS) is 15.3. The number of halogens is 1. The summed E-state index contributed by atoms with van der Waals surface area (Å²) in [6, 6.07) is 3.68. The predicted octanol–water partition coefficient (Wildman–Crippen LogP) is 3.25. The van der Waals surface area contributed by atoms with Crippen LogP contribution in [0.25, 0.3) is 21.1 Å². The Morgan fingerprint density at radius 1 is 1.19 bits per heavy atom. The highest BCUT2D eigenvalue weighted by molar-refractivity contribution is 7.17. The van der Waals surface area contributed by atoms with Gasteiger partial charge >= 0.3 is 10.8 Å². The van der Waals surface area contributed by atoms with Gasteiger partial charge in [0, 0.05) is 26.3 Å². The first-order chi connectivity index (χ1) is 14.4. The van der Waals surface area contributed by atoms with Crippen LogP contribution in [-0.2, 0) is 18.3 Å². The monoisotopic (exact) mass is 465 g/mol. The standard InChI is InChI=1S/C22H27N3O4S.ClH/c1-4-25-13-15(21(27)29-12-11-24-9-7-14(2)8-10-24)19(26)18-16(25)5-6-17-20(18)30-22(28)23(17)3;/h5-6,13-14H,4,7-12H2,1-3H3;1H. The molecule has 0 amide bonds. The molecule has 7 nitrogen and oxygen atoms in total. The molecular formula is C22H28ClN3O4S. The van der Waals surface area contributed by atoms with Crippen LogP contribution in [0.3, 0.4) is 0 Å². The molecule has 3 heterocycles.